The number of nitrogens with one attached hydrogen (secondary N) is 2. The summed E-state index contributed by atoms with van der Waals surface area (Å²) in [7, 11) is 0. The van der Waals surface area contributed by atoms with Crippen molar-refractivity contribution in [3.05, 3.63) is 29.8 Å². The zero-order valence-corrected chi connectivity index (χ0v) is 15.5. The summed E-state index contributed by atoms with van der Waals surface area (Å²) in [6.45, 7) is 5.94. The van der Waals surface area contributed by atoms with Crippen LogP contribution in [0.1, 0.15) is 38.2 Å². The lowest BCUT2D eigenvalue weighted by Crippen LogP contribution is -2.61. The lowest BCUT2D eigenvalue weighted by atomic mass is 10.0. The van der Waals surface area contributed by atoms with E-state index >= 15 is 0 Å². The molecule has 26 heavy (non-hydrogen) atoms. The molecule has 2 aliphatic rings. The monoisotopic (exact) mass is 359 g/mol. The van der Waals surface area contributed by atoms with Gasteiger partial charge >= 0.3 is 0 Å². The number of rotatable bonds is 7. The van der Waals surface area contributed by atoms with E-state index in [2.05, 4.69) is 15.5 Å². The Morgan fingerprint density at radius 1 is 1.04 bits per heavy atom. The van der Waals surface area contributed by atoms with Crippen LogP contribution in [0.2, 0.25) is 0 Å². The molecule has 3 rings (SSSR count). The molecule has 1 aromatic carbocycles. The van der Waals surface area contributed by atoms with Gasteiger partial charge in [-0.3, -0.25) is 9.59 Å². The molecule has 1 aromatic rings. The van der Waals surface area contributed by atoms with Crippen molar-refractivity contribution < 1.29 is 14.3 Å². The van der Waals surface area contributed by atoms with Gasteiger partial charge < -0.3 is 20.3 Å². The first-order valence-corrected chi connectivity index (χ1v) is 9.66. The van der Waals surface area contributed by atoms with Crippen LogP contribution in [0.25, 0.3) is 0 Å². The molecule has 0 unspecified atom stereocenters. The third-order valence-electron chi connectivity index (χ3n) is 5.08. The maximum absolute atomic E-state index is 12.0. The highest BCUT2D eigenvalue weighted by Crippen LogP contribution is 2.15. The Morgan fingerprint density at radius 3 is 2.50 bits per heavy atom. The van der Waals surface area contributed by atoms with Gasteiger partial charge in [0.25, 0.3) is 0 Å². The molecule has 0 saturated carbocycles. The van der Waals surface area contributed by atoms with Crippen LogP contribution >= 0.6 is 0 Å². The standard InChI is InChI=1S/C20H29N3O3/c1-15-19(24)22-18(20(25)21-15)14-16-6-8-17(9-7-16)26-13-5-12-23-10-3-2-4-11-23/h6-9,15,18H,2-5,10-14H2,1H3,(H,21,25)(H,22,24)/t15-,18-/m0/s1. The van der Waals surface area contributed by atoms with Crippen LogP contribution in [0.5, 0.6) is 5.75 Å². The molecule has 2 atom stereocenters. The Bertz CT molecular complexity index is 611. The lowest BCUT2D eigenvalue weighted by molar-refractivity contribution is -0.136. The van der Waals surface area contributed by atoms with Crippen LogP contribution in [0.4, 0.5) is 0 Å². The number of carbonyl (C=O) groups is 2. The lowest BCUT2D eigenvalue weighted by Gasteiger charge is -2.27. The highest BCUT2D eigenvalue weighted by molar-refractivity contribution is 5.96. The molecule has 0 radical (unpaired) electrons. The topological polar surface area (TPSA) is 70.7 Å². The molecule has 2 saturated heterocycles. The number of hydrogen-bond donors (Lipinski definition) is 2. The molecule has 2 fully saturated rings. The number of carbonyl (C=O) groups excluding carboxylic acids is 2. The molecule has 6 nitrogen and oxygen atoms in total. The summed E-state index contributed by atoms with van der Waals surface area (Å²) in [5.74, 6) is 0.580. The Kier molecular flexibility index (Phi) is 6.50. The van der Waals surface area contributed by atoms with Crippen molar-refractivity contribution in [1.29, 1.82) is 0 Å². The fourth-order valence-corrected chi connectivity index (χ4v) is 3.50. The van der Waals surface area contributed by atoms with Crippen molar-refractivity contribution in [2.45, 2.75) is 51.1 Å². The van der Waals surface area contributed by atoms with Gasteiger partial charge in [0.2, 0.25) is 11.8 Å². The Balaban J connectivity index is 1.40. The zero-order chi connectivity index (χ0) is 18.4. The van der Waals surface area contributed by atoms with Gasteiger partial charge in [0, 0.05) is 13.0 Å². The van der Waals surface area contributed by atoms with Crippen LogP contribution in [0, 0.1) is 0 Å². The predicted molar refractivity (Wildman–Crippen MR) is 100 cm³/mol. The molecule has 142 valence electrons. The smallest absolute Gasteiger partial charge is 0.243 e. The van der Waals surface area contributed by atoms with Crippen LogP contribution < -0.4 is 15.4 Å². The molecule has 0 aliphatic carbocycles. The number of nitrogens with zero attached hydrogens (tertiary/aromatic N) is 1. The second-order valence-corrected chi connectivity index (χ2v) is 7.24. The van der Waals surface area contributed by atoms with E-state index in [9.17, 15) is 9.59 Å². The summed E-state index contributed by atoms with van der Waals surface area (Å²) in [4.78, 5) is 26.2. The van der Waals surface area contributed by atoms with E-state index in [1.54, 1.807) is 6.92 Å². The van der Waals surface area contributed by atoms with E-state index in [1.807, 2.05) is 24.3 Å². The third-order valence-corrected chi connectivity index (χ3v) is 5.08. The summed E-state index contributed by atoms with van der Waals surface area (Å²) >= 11 is 0. The molecule has 2 heterocycles. The van der Waals surface area contributed by atoms with Crippen molar-refractivity contribution in [2.75, 3.05) is 26.2 Å². The number of likely N-dealkylation sites (tertiary alicyclic amines) is 1. The van der Waals surface area contributed by atoms with E-state index in [1.165, 1.54) is 32.4 Å². The Morgan fingerprint density at radius 2 is 1.77 bits per heavy atom. The van der Waals surface area contributed by atoms with Gasteiger partial charge in [0.05, 0.1) is 6.61 Å². The molecule has 2 aliphatic heterocycles. The molecule has 2 N–H and O–H groups in total. The summed E-state index contributed by atoms with van der Waals surface area (Å²) in [6.07, 6.45) is 5.53. The molecular formula is C20H29N3O3. The van der Waals surface area contributed by atoms with Crippen molar-refractivity contribution in [1.82, 2.24) is 15.5 Å². The van der Waals surface area contributed by atoms with E-state index in [0.717, 1.165) is 30.9 Å². The third kappa shape index (κ3) is 5.21. The zero-order valence-electron chi connectivity index (χ0n) is 15.5. The minimum Gasteiger partial charge on any atom is -0.494 e. The number of piperidine rings is 1. The van der Waals surface area contributed by atoms with E-state index in [0.29, 0.717) is 6.42 Å². The van der Waals surface area contributed by atoms with Gasteiger partial charge in [-0.15, -0.1) is 0 Å². The van der Waals surface area contributed by atoms with Gasteiger partial charge in [0.15, 0.2) is 0 Å². The number of amides is 2. The van der Waals surface area contributed by atoms with Crippen molar-refractivity contribution >= 4 is 11.8 Å². The average Bonchev–Trinajstić information content (AvgIpc) is 2.65. The Hall–Kier alpha value is -2.08. The van der Waals surface area contributed by atoms with Gasteiger partial charge in [0.1, 0.15) is 17.8 Å². The summed E-state index contributed by atoms with van der Waals surface area (Å²) < 4.78 is 5.82. The molecule has 0 aromatic heterocycles. The quantitative estimate of drug-likeness (QED) is 0.724. The molecule has 0 bridgehead atoms. The second kappa shape index (κ2) is 9.03. The number of benzene rings is 1. The van der Waals surface area contributed by atoms with Gasteiger partial charge in [-0.1, -0.05) is 18.6 Å². The maximum atomic E-state index is 12.0. The molecule has 0 spiro atoms. The molecular weight excluding hydrogens is 330 g/mol. The minimum absolute atomic E-state index is 0.130. The van der Waals surface area contributed by atoms with E-state index in [-0.39, 0.29) is 11.8 Å². The highest BCUT2D eigenvalue weighted by Gasteiger charge is 2.30. The first-order valence-electron chi connectivity index (χ1n) is 9.66. The van der Waals surface area contributed by atoms with Crippen LogP contribution in [0.15, 0.2) is 24.3 Å². The Labute approximate surface area is 155 Å². The fraction of sp³-hybridized carbons (Fsp3) is 0.600. The summed E-state index contributed by atoms with van der Waals surface area (Å²) in [5, 5.41) is 5.46. The van der Waals surface area contributed by atoms with Crippen LogP contribution in [-0.2, 0) is 16.0 Å². The minimum atomic E-state index is -0.505. The predicted octanol–water partition coefficient (Wildman–Crippen LogP) is 1.49. The number of hydrogen-bond acceptors (Lipinski definition) is 4. The summed E-state index contributed by atoms with van der Waals surface area (Å²) in [5.41, 5.74) is 1.00. The normalized spacial score (nSPS) is 24.0. The van der Waals surface area contributed by atoms with Gasteiger partial charge in [-0.2, -0.15) is 0 Å². The molecule has 2 amide bonds. The van der Waals surface area contributed by atoms with Crippen LogP contribution in [-0.4, -0.2) is 55.0 Å². The van der Waals surface area contributed by atoms with E-state index < -0.39 is 12.1 Å². The largest absolute Gasteiger partial charge is 0.494 e. The first kappa shape index (κ1) is 18.7. The fourth-order valence-electron chi connectivity index (χ4n) is 3.50. The number of ether oxygens (including phenoxy) is 1. The van der Waals surface area contributed by atoms with Crippen molar-refractivity contribution in [2.24, 2.45) is 0 Å². The van der Waals surface area contributed by atoms with Crippen molar-refractivity contribution in [3.8, 4) is 5.75 Å². The van der Waals surface area contributed by atoms with Gasteiger partial charge in [-0.25, -0.2) is 0 Å². The number of piperazine rings is 1. The van der Waals surface area contributed by atoms with E-state index in [4.69, 9.17) is 4.74 Å². The SMILES string of the molecule is C[C@@H]1NC(=O)[C@H](Cc2ccc(OCCCN3CCCCC3)cc2)NC1=O. The van der Waals surface area contributed by atoms with Crippen molar-refractivity contribution in [3.63, 3.8) is 0 Å². The highest BCUT2D eigenvalue weighted by atomic mass is 16.5. The summed E-state index contributed by atoms with van der Waals surface area (Å²) in [6, 6.07) is 6.81. The van der Waals surface area contributed by atoms with Crippen LogP contribution in [0.3, 0.4) is 0 Å². The first-order chi connectivity index (χ1) is 12.6. The second-order valence-electron chi connectivity index (χ2n) is 7.24. The average molecular weight is 359 g/mol. The van der Waals surface area contributed by atoms with Gasteiger partial charge in [-0.05, 0) is 57.0 Å². The maximum Gasteiger partial charge on any atom is 0.243 e. The molecule has 6 heteroatoms.